The number of hydrogen-bond donors (Lipinski definition) is 1. The lowest BCUT2D eigenvalue weighted by Gasteiger charge is -2.19. The maximum absolute atomic E-state index is 12.6. The number of nitrogens with zero attached hydrogens (tertiary/aromatic N) is 1. The zero-order valence-corrected chi connectivity index (χ0v) is 14.2. The maximum Gasteiger partial charge on any atom is 0.253 e. The topological polar surface area (TPSA) is 41.6 Å². The molecule has 0 saturated heterocycles. The number of nitrogens with one attached hydrogen (secondary N) is 1. The second-order valence-electron chi connectivity index (χ2n) is 5.56. The third-order valence-corrected chi connectivity index (χ3v) is 4.03. The fourth-order valence-corrected chi connectivity index (χ4v) is 2.81. The maximum atomic E-state index is 12.6. The monoisotopic (exact) mass is 332 g/mol. The number of hydrogen-bond acceptors (Lipinski definition) is 3. The van der Waals surface area contributed by atoms with E-state index in [2.05, 4.69) is 5.32 Å². The summed E-state index contributed by atoms with van der Waals surface area (Å²) < 4.78 is 5.35. The number of para-hydroxylation sites is 1. The molecule has 0 radical (unpaired) electrons. The van der Waals surface area contributed by atoms with E-state index in [1.165, 1.54) is 11.1 Å². The lowest BCUT2D eigenvalue weighted by molar-refractivity contribution is 0.0784. The molecule has 0 aromatic heterocycles. The molecule has 0 bridgehead atoms. The predicted molar refractivity (Wildman–Crippen MR) is 93.0 cm³/mol. The number of methoxy groups -OCH3 is 1. The molecular formula is C18H21ClN2O2. The predicted octanol–water partition coefficient (Wildman–Crippen LogP) is 2.99. The average Bonchev–Trinajstić information content (AvgIpc) is 3.02. The van der Waals surface area contributed by atoms with Crippen molar-refractivity contribution < 1.29 is 9.53 Å². The summed E-state index contributed by atoms with van der Waals surface area (Å²) in [5.41, 5.74) is 4.24. The number of carbonyl (C=O) groups excluding carboxylic acids is 1. The number of fused-ring (bicyclic) bond motifs is 1. The van der Waals surface area contributed by atoms with Crippen molar-refractivity contribution in [2.45, 2.75) is 19.6 Å². The van der Waals surface area contributed by atoms with Crippen LogP contribution in [0.15, 0.2) is 42.5 Å². The van der Waals surface area contributed by atoms with Gasteiger partial charge in [-0.25, -0.2) is 0 Å². The molecule has 0 atom stereocenters. The van der Waals surface area contributed by atoms with Crippen LogP contribution in [-0.2, 0) is 19.6 Å². The van der Waals surface area contributed by atoms with E-state index in [4.69, 9.17) is 4.74 Å². The zero-order chi connectivity index (χ0) is 15.5. The van der Waals surface area contributed by atoms with E-state index >= 15 is 0 Å². The van der Waals surface area contributed by atoms with E-state index in [-0.39, 0.29) is 18.3 Å². The van der Waals surface area contributed by atoms with Gasteiger partial charge >= 0.3 is 0 Å². The highest BCUT2D eigenvalue weighted by Gasteiger charge is 2.17. The molecule has 3 rings (SSSR count). The van der Waals surface area contributed by atoms with Crippen LogP contribution in [0.4, 0.5) is 0 Å². The molecule has 1 aliphatic rings. The first kappa shape index (κ1) is 17.3. The van der Waals surface area contributed by atoms with Crippen LogP contribution < -0.4 is 10.1 Å². The van der Waals surface area contributed by atoms with E-state index in [9.17, 15) is 4.79 Å². The molecule has 23 heavy (non-hydrogen) atoms. The molecule has 0 unspecified atom stereocenters. The van der Waals surface area contributed by atoms with E-state index in [0.29, 0.717) is 6.54 Å². The fraction of sp³-hybridized carbons (Fsp3) is 0.278. The molecule has 1 amide bonds. The second-order valence-corrected chi connectivity index (χ2v) is 5.56. The summed E-state index contributed by atoms with van der Waals surface area (Å²) in [6, 6.07) is 13.7. The summed E-state index contributed by atoms with van der Waals surface area (Å²) in [5, 5.41) is 3.30. The van der Waals surface area contributed by atoms with E-state index in [1.807, 2.05) is 49.5 Å². The molecule has 0 fully saturated rings. The molecule has 1 heterocycles. The number of benzene rings is 2. The van der Waals surface area contributed by atoms with Gasteiger partial charge in [0.25, 0.3) is 5.91 Å². The number of amides is 1. The Hall–Kier alpha value is -2.04. The van der Waals surface area contributed by atoms with Gasteiger partial charge in [0, 0.05) is 37.8 Å². The molecule has 1 N–H and O–H groups in total. The van der Waals surface area contributed by atoms with Crippen LogP contribution in [0, 0.1) is 0 Å². The first-order chi connectivity index (χ1) is 10.7. The van der Waals surface area contributed by atoms with Gasteiger partial charge < -0.3 is 15.0 Å². The van der Waals surface area contributed by atoms with Gasteiger partial charge in [0.15, 0.2) is 0 Å². The minimum Gasteiger partial charge on any atom is -0.496 e. The molecule has 2 aromatic rings. The van der Waals surface area contributed by atoms with Gasteiger partial charge in [-0.3, -0.25) is 4.79 Å². The van der Waals surface area contributed by atoms with Crippen molar-refractivity contribution in [1.29, 1.82) is 0 Å². The number of halogens is 1. The quantitative estimate of drug-likeness (QED) is 0.935. The molecule has 2 aromatic carbocycles. The number of rotatable bonds is 4. The molecule has 5 heteroatoms. The highest BCUT2D eigenvalue weighted by atomic mass is 35.5. The van der Waals surface area contributed by atoms with Crippen LogP contribution in [0.2, 0.25) is 0 Å². The third kappa shape index (κ3) is 3.66. The minimum atomic E-state index is 0. The van der Waals surface area contributed by atoms with Crippen LogP contribution in [0.3, 0.4) is 0 Å². The van der Waals surface area contributed by atoms with E-state index < -0.39 is 0 Å². The van der Waals surface area contributed by atoms with Crippen molar-refractivity contribution in [3.05, 3.63) is 64.7 Å². The van der Waals surface area contributed by atoms with Gasteiger partial charge in [-0.2, -0.15) is 0 Å². The molecule has 122 valence electrons. The standard InChI is InChI=1S/C18H20N2O2.ClH/c1-20(12-15-5-3-4-6-17(15)22-2)18(21)13-7-8-14-10-19-11-16(14)9-13;/h3-9,19H,10-12H2,1-2H3;1H. The summed E-state index contributed by atoms with van der Waals surface area (Å²) in [6.45, 7) is 2.26. The molecular weight excluding hydrogens is 312 g/mol. The molecule has 1 aliphatic heterocycles. The summed E-state index contributed by atoms with van der Waals surface area (Å²) in [7, 11) is 3.47. The Labute approximate surface area is 142 Å². The molecule has 0 spiro atoms. The number of ether oxygens (including phenoxy) is 1. The van der Waals surface area contributed by atoms with Crippen LogP contribution in [-0.4, -0.2) is 25.0 Å². The van der Waals surface area contributed by atoms with Crippen LogP contribution in [0.1, 0.15) is 27.0 Å². The third-order valence-electron chi connectivity index (χ3n) is 4.03. The highest BCUT2D eigenvalue weighted by molar-refractivity contribution is 5.94. The van der Waals surface area contributed by atoms with Crippen molar-refractivity contribution in [3.63, 3.8) is 0 Å². The highest BCUT2D eigenvalue weighted by Crippen LogP contribution is 2.21. The van der Waals surface area contributed by atoms with E-state index in [0.717, 1.165) is 30.0 Å². The molecule has 4 nitrogen and oxygen atoms in total. The van der Waals surface area contributed by atoms with Crippen molar-refractivity contribution in [2.75, 3.05) is 14.2 Å². The number of carbonyl (C=O) groups is 1. The first-order valence-electron chi connectivity index (χ1n) is 7.39. The Bertz CT molecular complexity index is 703. The fourth-order valence-electron chi connectivity index (χ4n) is 2.81. The van der Waals surface area contributed by atoms with Crippen molar-refractivity contribution in [2.24, 2.45) is 0 Å². The minimum absolute atomic E-state index is 0. The van der Waals surface area contributed by atoms with Crippen molar-refractivity contribution in [1.82, 2.24) is 10.2 Å². The van der Waals surface area contributed by atoms with Gasteiger partial charge in [-0.1, -0.05) is 24.3 Å². The van der Waals surface area contributed by atoms with Crippen LogP contribution in [0.5, 0.6) is 5.75 Å². The van der Waals surface area contributed by atoms with Gasteiger partial charge in [0.2, 0.25) is 0 Å². The Balaban J connectivity index is 0.00000192. The second kappa shape index (κ2) is 7.49. The Kier molecular flexibility index (Phi) is 5.64. The summed E-state index contributed by atoms with van der Waals surface area (Å²) >= 11 is 0. The Morgan fingerprint density at radius 3 is 2.70 bits per heavy atom. The zero-order valence-electron chi connectivity index (χ0n) is 13.3. The molecule has 0 saturated carbocycles. The Morgan fingerprint density at radius 2 is 1.91 bits per heavy atom. The van der Waals surface area contributed by atoms with Crippen molar-refractivity contribution >= 4 is 18.3 Å². The van der Waals surface area contributed by atoms with Gasteiger partial charge in [-0.05, 0) is 29.3 Å². The summed E-state index contributed by atoms with van der Waals surface area (Å²) in [5.74, 6) is 0.834. The SMILES string of the molecule is COc1ccccc1CN(C)C(=O)c1ccc2c(c1)CNC2.Cl. The average molecular weight is 333 g/mol. The normalized spacial score (nSPS) is 12.3. The Morgan fingerprint density at radius 1 is 1.17 bits per heavy atom. The van der Waals surface area contributed by atoms with Gasteiger partial charge in [0.05, 0.1) is 7.11 Å². The smallest absolute Gasteiger partial charge is 0.253 e. The van der Waals surface area contributed by atoms with Crippen LogP contribution in [0.25, 0.3) is 0 Å². The van der Waals surface area contributed by atoms with Gasteiger partial charge in [0.1, 0.15) is 5.75 Å². The lowest BCUT2D eigenvalue weighted by Crippen LogP contribution is -2.26. The van der Waals surface area contributed by atoms with Crippen molar-refractivity contribution in [3.8, 4) is 5.75 Å². The molecule has 0 aliphatic carbocycles. The van der Waals surface area contributed by atoms with E-state index in [1.54, 1.807) is 12.0 Å². The van der Waals surface area contributed by atoms with Gasteiger partial charge in [-0.15, -0.1) is 12.4 Å². The lowest BCUT2D eigenvalue weighted by atomic mass is 10.1. The summed E-state index contributed by atoms with van der Waals surface area (Å²) in [6.07, 6.45) is 0. The first-order valence-corrected chi connectivity index (χ1v) is 7.39. The summed E-state index contributed by atoms with van der Waals surface area (Å²) in [4.78, 5) is 14.3. The van der Waals surface area contributed by atoms with Crippen LogP contribution >= 0.6 is 12.4 Å². The largest absolute Gasteiger partial charge is 0.496 e.